The summed E-state index contributed by atoms with van der Waals surface area (Å²) in [5.41, 5.74) is 0.545. The fourth-order valence-corrected chi connectivity index (χ4v) is 2.79. The first kappa shape index (κ1) is 16.0. The van der Waals surface area contributed by atoms with E-state index < -0.39 is 0 Å². The molecule has 23 heavy (non-hydrogen) atoms. The molecule has 0 radical (unpaired) electrons. The van der Waals surface area contributed by atoms with Crippen LogP contribution in [0.3, 0.4) is 0 Å². The van der Waals surface area contributed by atoms with Gasteiger partial charge in [0.1, 0.15) is 5.82 Å². The van der Waals surface area contributed by atoms with E-state index in [4.69, 9.17) is 4.94 Å². The summed E-state index contributed by atoms with van der Waals surface area (Å²) in [4.78, 5) is 18.4. The maximum Gasteiger partial charge on any atom is 0.222 e. The number of carbonyl (C=O) groups excluding carboxylic acids is 1. The fourth-order valence-electron chi connectivity index (χ4n) is 2.43. The minimum absolute atomic E-state index is 0.155. The Hall–Kier alpha value is -1.84. The van der Waals surface area contributed by atoms with Crippen molar-refractivity contribution in [1.29, 1.82) is 0 Å². The molecular weight excluding hydrogens is 371 g/mol. The van der Waals surface area contributed by atoms with Crippen molar-refractivity contribution in [2.24, 2.45) is 0 Å². The number of likely N-dealkylation sites (tertiary alicyclic amines) is 1. The van der Waals surface area contributed by atoms with Crippen LogP contribution in [0, 0.1) is 5.82 Å². The van der Waals surface area contributed by atoms with Crippen molar-refractivity contribution < 1.29 is 19.3 Å². The number of hydrogen-bond donors (Lipinski definition) is 2. The van der Waals surface area contributed by atoms with Gasteiger partial charge in [-0.3, -0.25) is 10.0 Å². The fraction of sp³-hybridized carbons (Fsp3) is 0.357. The van der Waals surface area contributed by atoms with E-state index in [1.165, 1.54) is 29.5 Å². The predicted molar refractivity (Wildman–Crippen MR) is 83.2 cm³/mol. The third-order valence-corrected chi connectivity index (χ3v) is 4.24. The average Bonchev–Trinajstić information content (AvgIpc) is 3.09. The number of anilines is 1. The topological polar surface area (TPSA) is 68.3 Å². The van der Waals surface area contributed by atoms with Gasteiger partial charge in [-0.25, -0.2) is 4.39 Å². The molecule has 0 aromatic heterocycles. The van der Waals surface area contributed by atoms with Crippen LogP contribution in [0.25, 0.3) is 0 Å². The Morgan fingerprint density at radius 3 is 2.96 bits per heavy atom. The molecule has 1 fully saturated rings. The van der Waals surface area contributed by atoms with Crippen LogP contribution < -0.4 is 10.4 Å². The SMILES string of the molecule is O=C1CCCN1CCNC1=CN(c2ccc(F)c(Br)c2)ON1O. The number of rotatable bonds is 5. The smallest absolute Gasteiger partial charge is 0.222 e. The Balaban J connectivity index is 1.58. The number of halogens is 2. The first-order valence-corrected chi connectivity index (χ1v) is 7.99. The maximum absolute atomic E-state index is 13.3. The molecule has 0 saturated carbocycles. The van der Waals surface area contributed by atoms with Crippen molar-refractivity contribution in [1.82, 2.24) is 15.4 Å². The van der Waals surface area contributed by atoms with E-state index in [9.17, 15) is 14.4 Å². The van der Waals surface area contributed by atoms with Crippen molar-refractivity contribution in [2.45, 2.75) is 12.8 Å². The lowest BCUT2D eigenvalue weighted by atomic mass is 10.3. The summed E-state index contributed by atoms with van der Waals surface area (Å²) in [7, 11) is 0. The second kappa shape index (κ2) is 6.73. The molecule has 9 heteroatoms. The van der Waals surface area contributed by atoms with Crippen LogP contribution >= 0.6 is 15.9 Å². The third kappa shape index (κ3) is 3.57. The quantitative estimate of drug-likeness (QED) is 0.805. The van der Waals surface area contributed by atoms with Crippen LogP contribution in [-0.4, -0.2) is 40.9 Å². The van der Waals surface area contributed by atoms with Gasteiger partial charge in [-0.2, -0.15) is 5.06 Å². The highest BCUT2D eigenvalue weighted by molar-refractivity contribution is 9.10. The summed E-state index contributed by atoms with van der Waals surface area (Å²) in [5.74, 6) is 0.102. The van der Waals surface area contributed by atoms with Gasteiger partial charge in [0, 0.05) is 26.1 Å². The monoisotopic (exact) mass is 386 g/mol. The summed E-state index contributed by atoms with van der Waals surface area (Å²) in [6.45, 7) is 1.82. The Morgan fingerprint density at radius 2 is 2.26 bits per heavy atom. The van der Waals surface area contributed by atoms with Crippen molar-refractivity contribution in [3.05, 3.63) is 40.5 Å². The summed E-state index contributed by atoms with van der Waals surface area (Å²) >= 11 is 3.10. The zero-order chi connectivity index (χ0) is 16.4. The van der Waals surface area contributed by atoms with E-state index in [1.807, 2.05) is 0 Å². The highest BCUT2D eigenvalue weighted by Crippen LogP contribution is 2.27. The molecule has 2 aliphatic heterocycles. The third-order valence-electron chi connectivity index (χ3n) is 3.63. The van der Waals surface area contributed by atoms with Crippen LogP contribution in [0.2, 0.25) is 0 Å². The lowest BCUT2D eigenvalue weighted by Crippen LogP contribution is -2.35. The Bertz CT molecular complexity index is 642. The Labute approximate surface area is 140 Å². The molecule has 1 aromatic rings. The zero-order valence-corrected chi connectivity index (χ0v) is 13.8. The van der Waals surface area contributed by atoms with Crippen LogP contribution in [-0.2, 0) is 9.73 Å². The van der Waals surface area contributed by atoms with Crippen molar-refractivity contribution in [3.63, 3.8) is 0 Å². The molecule has 0 unspecified atom stereocenters. The van der Waals surface area contributed by atoms with E-state index >= 15 is 0 Å². The highest BCUT2D eigenvalue weighted by atomic mass is 79.9. The van der Waals surface area contributed by atoms with Gasteiger partial charge in [0.15, 0.2) is 5.82 Å². The van der Waals surface area contributed by atoms with Crippen LogP contribution in [0.4, 0.5) is 10.1 Å². The van der Waals surface area contributed by atoms with Crippen LogP contribution in [0.5, 0.6) is 0 Å². The number of amides is 1. The number of carbonyl (C=O) groups is 1. The number of nitrogens with zero attached hydrogens (tertiary/aromatic N) is 3. The summed E-state index contributed by atoms with van der Waals surface area (Å²) in [6, 6.07) is 4.35. The van der Waals surface area contributed by atoms with Gasteiger partial charge in [0.2, 0.25) is 5.91 Å². The van der Waals surface area contributed by atoms with Gasteiger partial charge in [-0.15, -0.1) is 4.94 Å². The minimum atomic E-state index is -0.383. The largest absolute Gasteiger partial charge is 0.365 e. The average molecular weight is 387 g/mol. The molecule has 124 valence electrons. The number of nitrogens with one attached hydrogen (secondary N) is 1. The second-order valence-electron chi connectivity index (χ2n) is 5.20. The molecule has 0 aliphatic carbocycles. The van der Waals surface area contributed by atoms with E-state index in [0.29, 0.717) is 40.7 Å². The van der Waals surface area contributed by atoms with Crippen molar-refractivity contribution in [3.8, 4) is 0 Å². The molecule has 7 nitrogen and oxygen atoms in total. The van der Waals surface area contributed by atoms with E-state index in [0.717, 1.165) is 13.0 Å². The second-order valence-corrected chi connectivity index (χ2v) is 6.06. The first-order chi connectivity index (χ1) is 11.0. The van der Waals surface area contributed by atoms with Crippen molar-refractivity contribution in [2.75, 3.05) is 24.7 Å². The van der Waals surface area contributed by atoms with Crippen LogP contribution in [0.1, 0.15) is 12.8 Å². The van der Waals surface area contributed by atoms with Gasteiger partial charge in [0.25, 0.3) is 0 Å². The molecule has 1 aromatic carbocycles. The van der Waals surface area contributed by atoms with Gasteiger partial charge >= 0.3 is 0 Å². The minimum Gasteiger partial charge on any atom is -0.365 e. The Kier molecular flexibility index (Phi) is 4.69. The molecule has 2 N–H and O–H groups in total. The molecule has 1 saturated heterocycles. The lowest BCUT2D eigenvalue weighted by molar-refractivity contribution is -0.306. The molecule has 0 bridgehead atoms. The highest BCUT2D eigenvalue weighted by Gasteiger charge is 2.24. The van der Waals surface area contributed by atoms with Gasteiger partial charge in [-0.1, -0.05) is 5.23 Å². The number of hydrogen-bond acceptors (Lipinski definition) is 6. The van der Waals surface area contributed by atoms with E-state index in [2.05, 4.69) is 21.2 Å². The normalized spacial score (nSPS) is 18.0. The summed E-state index contributed by atoms with van der Waals surface area (Å²) in [5, 5.41) is 14.6. The van der Waals surface area contributed by atoms with Crippen LogP contribution in [0.15, 0.2) is 34.7 Å². The molecule has 2 heterocycles. The van der Waals surface area contributed by atoms with Gasteiger partial charge in [0.05, 0.1) is 16.4 Å². The van der Waals surface area contributed by atoms with E-state index in [1.54, 1.807) is 4.90 Å². The molecule has 1 amide bonds. The Morgan fingerprint density at radius 1 is 1.43 bits per heavy atom. The maximum atomic E-state index is 13.3. The van der Waals surface area contributed by atoms with Crippen molar-refractivity contribution >= 4 is 27.5 Å². The zero-order valence-electron chi connectivity index (χ0n) is 12.2. The van der Waals surface area contributed by atoms with E-state index in [-0.39, 0.29) is 11.7 Å². The number of hydroxylamine groups is 3. The predicted octanol–water partition coefficient (Wildman–Crippen LogP) is 1.96. The number of benzene rings is 1. The standard InChI is InChI=1S/C14H16BrFN4O3/c15-11-8-10(3-4-12(11)16)19-9-13(20(22)23-19)17-5-7-18-6-1-2-14(18)21/h3-4,8-9,17,22H,1-2,5-7H2. The van der Waals surface area contributed by atoms with Gasteiger partial charge < -0.3 is 10.2 Å². The first-order valence-electron chi connectivity index (χ1n) is 7.19. The molecule has 0 spiro atoms. The summed E-state index contributed by atoms with van der Waals surface area (Å²) in [6.07, 6.45) is 3.03. The molecule has 0 atom stereocenters. The summed E-state index contributed by atoms with van der Waals surface area (Å²) < 4.78 is 13.6. The lowest BCUT2D eigenvalue weighted by Gasteiger charge is -2.18. The molecular formula is C14H16BrFN4O3. The molecule has 3 rings (SSSR count). The van der Waals surface area contributed by atoms with Gasteiger partial charge in [-0.05, 0) is 40.5 Å². The molecule has 2 aliphatic rings.